The minimum absolute atomic E-state index is 0. The first-order valence-corrected chi connectivity index (χ1v) is 12.3. The Morgan fingerprint density at radius 1 is 0.774 bits per heavy atom. The molecule has 2 aromatic rings. The van der Waals surface area contributed by atoms with Gasteiger partial charge in [0.1, 0.15) is 0 Å². The molecule has 0 aromatic heterocycles. The van der Waals surface area contributed by atoms with Crippen LogP contribution in [0.5, 0.6) is 0 Å². The molecule has 0 atom stereocenters. The van der Waals surface area contributed by atoms with E-state index in [9.17, 15) is 26.4 Å². The van der Waals surface area contributed by atoms with E-state index >= 15 is 0 Å². The molecule has 0 aliphatic heterocycles. The Bertz CT molecular complexity index is 1060. The molecule has 0 aliphatic rings. The molecular weight excluding hydrogens is 459 g/mol. The molecule has 12 heteroatoms. The monoisotopic (exact) mass is 482 g/mol. The third kappa shape index (κ3) is 13.3. The predicted molar refractivity (Wildman–Crippen MR) is 110 cm³/mol. The summed E-state index contributed by atoms with van der Waals surface area (Å²) in [6.45, 7) is 0. The summed E-state index contributed by atoms with van der Waals surface area (Å²) >= 11 is 0. The van der Waals surface area contributed by atoms with E-state index in [2.05, 4.69) is 4.74 Å². The zero-order valence-electron chi connectivity index (χ0n) is 17.6. The van der Waals surface area contributed by atoms with Crippen LogP contribution >= 0.6 is 0 Å². The van der Waals surface area contributed by atoms with Crippen molar-refractivity contribution in [2.45, 2.75) is 11.5 Å². The van der Waals surface area contributed by atoms with Crippen LogP contribution < -0.4 is 29.6 Å². The maximum Gasteiger partial charge on any atom is 1.00 e. The van der Waals surface area contributed by atoms with Crippen molar-refractivity contribution in [1.29, 1.82) is 0 Å². The summed E-state index contributed by atoms with van der Waals surface area (Å²) in [5.41, 5.74) is 1.82. The van der Waals surface area contributed by atoms with Gasteiger partial charge < -0.3 is 15.3 Å². The number of ether oxygens (including phenoxy) is 1. The normalized spacial score (nSPS) is 10.4. The first kappa shape index (κ1) is 31.4. The Labute approximate surface area is 203 Å². The van der Waals surface area contributed by atoms with Crippen LogP contribution in [-0.2, 0) is 35.9 Å². The van der Waals surface area contributed by atoms with Gasteiger partial charge in [0.25, 0.3) is 0 Å². The largest absolute Gasteiger partial charge is 1.00 e. The van der Waals surface area contributed by atoms with Crippen molar-refractivity contribution in [3.05, 3.63) is 70.8 Å². The van der Waals surface area contributed by atoms with Crippen LogP contribution in [0.25, 0.3) is 0 Å². The standard InChI is InChI=1S/C10H12O4S.C9H10O4S.Na.H2O/c1-14-10(11)9-5-3-8(4-6-9)7-15(2,12)13;1-14(12,13)6-7-2-4-8(5-3-7)9(10)11;;/h3-6H,7H2,1-2H3;2-5H,6H2,1H3,(H,10,11);;1H2/q;;+1;/p-1. The molecule has 2 aromatic carbocycles. The Hall–Kier alpha value is -1.76. The van der Waals surface area contributed by atoms with E-state index in [4.69, 9.17) is 5.11 Å². The summed E-state index contributed by atoms with van der Waals surface area (Å²) in [5.74, 6) is -1.53. The van der Waals surface area contributed by atoms with Gasteiger partial charge in [0.2, 0.25) is 0 Å². The fourth-order valence-electron chi connectivity index (χ4n) is 2.20. The number of esters is 1. The molecule has 0 spiro atoms. The second-order valence-electron chi connectivity index (χ2n) is 6.33. The third-order valence-electron chi connectivity index (χ3n) is 3.43. The van der Waals surface area contributed by atoms with Gasteiger partial charge in [0, 0.05) is 12.5 Å². The molecule has 0 radical (unpaired) electrons. The second kappa shape index (κ2) is 13.6. The smallest absolute Gasteiger partial charge is 0.870 e. The minimum atomic E-state index is -3.06. The van der Waals surface area contributed by atoms with Crippen LogP contribution in [0.1, 0.15) is 31.8 Å². The molecule has 0 fully saturated rings. The van der Waals surface area contributed by atoms with Crippen LogP contribution in [0.4, 0.5) is 0 Å². The van der Waals surface area contributed by atoms with E-state index in [1.807, 2.05) is 0 Å². The number of aromatic carboxylic acids is 1. The fraction of sp³-hybridized carbons (Fsp3) is 0.263. The molecule has 0 unspecified atom stereocenters. The summed E-state index contributed by atoms with van der Waals surface area (Å²) in [6, 6.07) is 12.1. The number of hydrogen-bond acceptors (Lipinski definition) is 8. The maximum atomic E-state index is 11.1. The Kier molecular flexibility index (Phi) is 13.8. The molecule has 0 saturated carbocycles. The van der Waals surface area contributed by atoms with Gasteiger partial charge >= 0.3 is 41.5 Å². The van der Waals surface area contributed by atoms with Crippen molar-refractivity contribution in [3.8, 4) is 0 Å². The molecule has 0 aliphatic carbocycles. The third-order valence-corrected chi connectivity index (χ3v) is 5.15. The van der Waals surface area contributed by atoms with Crippen molar-refractivity contribution < 1.29 is 71.3 Å². The molecule has 9 nitrogen and oxygen atoms in total. The molecule has 166 valence electrons. The molecule has 0 saturated heterocycles. The van der Waals surface area contributed by atoms with Gasteiger partial charge in [-0.2, -0.15) is 0 Å². The van der Waals surface area contributed by atoms with Gasteiger partial charge in [-0.25, -0.2) is 26.4 Å². The van der Waals surface area contributed by atoms with Gasteiger partial charge in [-0.1, -0.05) is 24.3 Å². The van der Waals surface area contributed by atoms with Crippen LogP contribution in [0.2, 0.25) is 0 Å². The van der Waals surface area contributed by atoms with Gasteiger partial charge in [-0.3, -0.25) is 0 Å². The van der Waals surface area contributed by atoms with E-state index in [0.29, 0.717) is 16.7 Å². The van der Waals surface area contributed by atoms with Crippen LogP contribution in [0.3, 0.4) is 0 Å². The van der Waals surface area contributed by atoms with Crippen molar-refractivity contribution in [2.75, 3.05) is 19.6 Å². The summed E-state index contributed by atoms with van der Waals surface area (Å²) in [4.78, 5) is 21.5. The van der Waals surface area contributed by atoms with E-state index in [0.717, 1.165) is 6.26 Å². The summed E-state index contributed by atoms with van der Waals surface area (Å²) in [6.07, 6.45) is 2.30. The van der Waals surface area contributed by atoms with Crippen molar-refractivity contribution in [3.63, 3.8) is 0 Å². The van der Waals surface area contributed by atoms with Gasteiger partial charge in [-0.05, 0) is 35.4 Å². The molecule has 2 N–H and O–H groups in total. The summed E-state index contributed by atoms with van der Waals surface area (Å²) in [5, 5.41) is 8.59. The quantitative estimate of drug-likeness (QED) is 0.393. The number of sulfone groups is 2. The molecule has 0 amide bonds. The number of carbonyl (C=O) groups excluding carboxylic acids is 1. The second-order valence-corrected chi connectivity index (χ2v) is 10.6. The average Bonchev–Trinajstić information content (AvgIpc) is 2.60. The number of benzene rings is 2. The van der Waals surface area contributed by atoms with Crippen molar-refractivity contribution in [2.24, 2.45) is 0 Å². The fourth-order valence-corrected chi connectivity index (χ4v) is 3.80. The summed E-state index contributed by atoms with van der Waals surface area (Å²) < 4.78 is 48.3. The zero-order chi connectivity index (χ0) is 22.2. The number of carboxylic acid groups (broad SMARTS) is 1. The van der Waals surface area contributed by atoms with Crippen LogP contribution in [0.15, 0.2) is 48.5 Å². The van der Waals surface area contributed by atoms with Gasteiger partial charge in [0.05, 0.1) is 29.7 Å². The molecular formula is C19H23NaO9S2. The summed E-state index contributed by atoms with van der Waals surface area (Å²) in [7, 11) is -4.79. The van der Waals surface area contributed by atoms with E-state index < -0.39 is 31.6 Å². The van der Waals surface area contributed by atoms with Gasteiger partial charge in [0.15, 0.2) is 19.7 Å². The van der Waals surface area contributed by atoms with Crippen molar-refractivity contribution in [1.82, 2.24) is 0 Å². The molecule has 2 rings (SSSR count). The SMILES string of the molecule is COC(=O)c1ccc(CS(C)(=O)=O)cc1.CS(=O)(=O)Cc1ccc(C(=O)O)cc1.[Na+].[OH-]. The topological polar surface area (TPSA) is 162 Å². The Morgan fingerprint density at radius 2 is 1.10 bits per heavy atom. The number of carboxylic acids is 1. The molecule has 0 bridgehead atoms. The number of carbonyl (C=O) groups is 2. The maximum absolute atomic E-state index is 11.1. The van der Waals surface area contributed by atoms with E-state index in [-0.39, 0.29) is 52.1 Å². The van der Waals surface area contributed by atoms with Crippen molar-refractivity contribution >= 4 is 31.6 Å². The number of rotatable bonds is 6. The van der Waals surface area contributed by atoms with Crippen LogP contribution in [0, 0.1) is 0 Å². The van der Waals surface area contributed by atoms with E-state index in [1.165, 1.54) is 37.6 Å². The van der Waals surface area contributed by atoms with E-state index in [1.54, 1.807) is 24.3 Å². The molecule has 0 heterocycles. The van der Waals surface area contributed by atoms with Gasteiger partial charge in [-0.15, -0.1) is 0 Å². The first-order chi connectivity index (χ1) is 13.3. The first-order valence-electron chi connectivity index (χ1n) is 8.15. The minimum Gasteiger partial charge on any atom is -0.870 e. The zero-order valence-corrected chi connectivity index (χ0v) is 21.2. The molecule has 31 heavy (non-hydrogen) atoms. The number of methoxy groups -OCH3 is 1. The number of hydrogen-bond donors (Lipinski definition) is 1. The van der Waals surface area contributed by atoms with Crippen LogP contribution in [-0.4, -0.2) is 59.0 Å². The predicted octanol–water partition coefficient (Wildman–Crippen LogP) is -1.23. The Balaban J connectivity index is 0. The Morgan fingerprint density at radius 3 is 1.35 bits per heavy atom. The average molecular weight is 483 g/mol.